The topological polar surface area (TPSA) is 67.6 Å². The molecular weight excluding hydrogens is 290 g/mol. The highest BCUT2D eigenvalue weighted by Gasteiger charge is 2.20. The number of rotatable bonds is 4. The van der Waals surface area contributed by atoms with Gasteiger partial charge in [-0.1, -0.05) is 29.8 Å². The average molecular weight is 314 g/mol. The normalized spacial score (nSPS) is 20.4. The van der Waals surface area contributed by atoms with Crippen LogP contribution in [0.5, 0.6) is 0 Å². The first kappa shape index (κ1) is 17.9. The number of halogens is 1. The molecule has 1 aliphatic rings. The Morgan fingerprint density at radius 1 is 1.48 bits per heavy atom. The van der Waals surface area contributed by atoms with Crippen molar-refractivity contribution in [3.8, 4) is 0 Å². The number of morpholine rings is 1. The molecule has 2 unspecified atom stereocenters. The maximum Gasteiger partial charge on any atom is 0.241 e. The molecule has 118 valence electrons. The molecular formula is C15H24ClN3O2. The van der Waals surface area contributed by atoms with Crippen molar-refractivity contribution in [3.63, 3.8) is 0 Å². The smallest absolute Gasteiger partial charge is 0.241 e. The molecule has 1 aromatic rings. The number of nitrogens with zero attached hydrogens (tertiary/aromatic N) is 1. The van der Waals surface area contributed by atoms with E-state index in [0.717, 1.165) is 24.2 Å². The Morgan fingerprint density at radius 3 is 2.76 bits per heavy atom. The number of nitrogens with two attached hydrogens (primary N) is 1. The highest BCUT2D eigenvalue weighted by Crippen LogP contribution is 2.11. The summed E-state index contributed by atoms with van der Waals surface area (Å²) in [7, 11) is 2.05. The van der Waals surface area contributed by atoms with Crippen LogP contribution in [-0.4, -0.2) is 50.2 Å². The van der Waals surface area contributed by atoms with Crippen LogP contribution in [0.2, 0.25) is 0 Å². The first-order valence-corrected chi connectivity index (χ1v) is 6.96. The van der Waals surface area contributed by atoms with E-state index >= 15 is 0 Å². The zero-order valence-corrected chi connectivity index (χ0v) is 13.4. The number of hydrogen-bond donors (Lipinski definition) is 2. The maximum absolute atomic E-state index is 12.0. The van der Waals surface area contributed by atoms with Gasteiger partial charge in [-0.25, -0.2) is 0 Å². The van der Waals surface area contributed by atoms with Crippen molar-refractivity contribution in [3.05, 3.63) is 35.4 Å². The molecule has 5 nitrogen and oxygen atoms in total. The third-order valence-corrected chi connectivity index (χ3v) is 3.56. The fraction of sp³-hybridized carbons (Fsp3) is 0.533. The monoisotopic (exact) mass is 313 g/mol. The Bertz CT molecular complexity index is 453. The third-order valence-electron chi connectivity index (χ3n) is 3.56. The zero-order valence-electron chi connectivity index (χ0n) is 12.5. The van der Waals surface area contributed by atoms with Crippen molar-refractivity contribution in [2.75, 3.05) is 33.3 Å². The molecule has 1 amide bonds. The van der Waals surface area contributed by atoms with Crippen LogP contribution in [0, 0.1) is 6.92 Å². The summed E-state index contributed by atoms with van der Waals surface area (Å²) in [6.07, 6.45) is 0.0444. The van der Waals surface area contributed by atoms with Crippen molar-refractivity contribution in [2.45, 2.75) is 19.1 Å². The van der Waals surface area contributed by atoms with E-state index in [4.69, 9.17) is 10.5 Å². The molecule has 0 radical (unpaired) electrons. The van der Waals surface area contributed by atoms with Crippen molar-refractivity contribution in [1.82, 2.24) is 10.2 Å². The minimum atomic E-state index is -0.628. The lowest BCUT2D eigenvalue weighted by atomic mass is 10.1. The van der Waals surface area contributed by atoms with Crippen molar-refractivity contribution >= 4 is 18.3 Å². The summed E-state index contributed by atoms with van der Waals surface area (Å²) < 4.78 is 5.60. The van der Waals surface area contributed by atoms with Gasteiger partial charge in [0.1, 0.15) is 6.04 Å². The Hall–Kier alpha value is -1.14. The van der Waals surface area contributed by atoms with Gasteiger partial charge in [-0.05, 0) is 19.5 Å². The van der Waals surface area contributed by atoms with Crippen LogP contribution in [-0.2, 0) is 9.53 Å². The number of carbonyl (C=O) groups is 1. The summed E-state index contributed by atoms with van der Waals surface area (Å²) in [5.41, 5.74) is 7.95. The lowest BCUT2D eigenvalue weighted by Crippen LogP contribution is -2.47. The van der Waals surface area contributed by atoms with E-state index in [1.54, 1.807) is 0 Å². The predicted molar refractivity (Wildman–Crippen MR) is 85.6 cm³/mol. The second-order valence-electron chi connectivity index (χ2n) is 5.39. The summed E-state index contributed by atoms with van der Waals surface area (Å²) in [5, 5.41) is 2.87. The fourth-order valence-electron chi connectivity index (χ4n) is 2.24. The fourth-order valence-corrected chi connectivity index (χ4v) is 2.24. The second kappa shape index (κ2) is 8.34. The van der Waals surface area contributed by atoms with E-state index in [-0.39, 0.29) is 24.4 Å². The van der Waals surface area contributed by atoms with Gasteiger partial charge in [0.25, 0.3) is 0 Å². The Morgan fingerprint density at radius 2 is 2.14 bits per heavy atom. The van der Waals surface area contributed by atoms with E-state index in [1.165, 1.54) is 0 Å². The van der Waals surface area contributed by atoms with E-state index in [9.17, 15) is 4.79 Å². The molecule has 1 saturated heterocycles. The van der Waals surface area contributed by atoms with Gasteiger partial charge in [0.05, 0.1) is 12.7 Å². The molecule has 1 aliphatic heterocycles. The summed E-state index contributed by atoms with van der Waals surface area (Å²) in [6.45, 7) is 4.99. The lowest BCUT2D eigenvalue weighted by molar-refractivity contribution is -0.123. The molecule has 0 aromatic heterocycles. The molecule has 0 saturated carbocycles. The molecule has 0 spiro atoms. The summed E-state index contributed by atoms with van der Waals surface area (Å²) in [4.78, 5) is 14.2. The van der Waals surface area contributed by atoms with Crippen LogP contribution < -0.4 is 11.1 Å². The minimum absolute atomic E-state index is 0. The molecule has 6 heteroatoms. The quantitative estimate of drug-likeness (QED) is 0.865. The molecule has 0 aliphatic carbocycles. The lowest BCUT2D eigenvalue weighted by Gasteiger charge is -2.30. The van der Waals surface area contributed by atoms with Crippen LogP contribution in [0.1, 0.15) is 17.2 Å². The zero-order chi connectivity index (χ0) is 14.5. The minimum Gasteiger partial charge on any atom is -0.374 e. The second-order valence-corrected chi connectivity index (χ2v) is 5.39. The summed E-state index contributed by atoms with van der Waals surface area (Å²) >= 11 is 0. The van der Waals surface area contributed by atoms with Gasteiger partial charge >= 0.3 is 0 Å². The summed E-state index contributed by atoms with van der Waals surface area (Å²) in [6, 6.07) is 7.08. The highest BCUT2D eigenvalue weighted by atomic mass is 35.5. The SMILES string of the molecule is Cc1ccc(C(N)C(=O)NCC2CN(C)CCO2)cc1.Cl. The van der Waals surface area contributed by atoms with Crippen LogP contribution >= 0.6 is 12.4 Å². The standard InChI is InChI=1S/C15H23N3O2.ClH/c1-11-3-5-12(6-4-11)14(16)15(19)17-9-13-10-18(2)7-8-20-13;/h3-6,13-14H,7-10,16H2,1-2H3,(H,17,19);1H. The van der Waals surface area contributed by atoms with Crippen LogP contribution in [0.15, 0.2) is 24.3 Å². The van der Waals surface area contributed by atoms with Crippen molar-refractivity contribution < 1.29 is 9.53 Å². The Labute approximate surface area is 132 Å². The van der Waals surface area contributed by atoms with Crippen molar-refractivity contribution in [1.29, 1.82) is 0 Å². The first-order valence-electron chi connectivity index (χ1n) is 6.96. The van der Waals surface area contributed by atoms with Gasteiger partial charge < -0.3 is 20.7 Å². The molecule has 2 atom stereocenters. The third kappa shape index (κ3) is 5.28. The van der Waals surface area contributed by atoms with E-state index in [0.29, 0.717) is 13.2 Å². The molecule has 1 fully saturated rings. The number of nitrogens with one attached hydrogen (secondary N) is 1. The molecule has 0 bridgehead atoms. The van der Waals surface area contributed by atoms with E-state index in [1.807, 2.05) is 31.2 Å². The van der Waals surface area contributed by atoms with E-state index < -0.39 is 6.04 Å². The van der Waals surface area contributed by atoms with Crippen LogP contribution in [0.4, 0.5) is 0 Å². The Balaban J connectivity index is 0.00000220. The van der Waals surface area contributed by atoms with Crippen LogP contribution in [0.3, 0.4) is 0 Å². The number of benzene rings is 1. The van der Waals surface area contributed by atoms with Gasteiger partial charge in [-0.2, -0.15) is 0 Å². The van der Waals surface area contributed by atoms with Gasteiger partial charge in [0, 0.05) is 19.6 Å². The number of carbonyl (C=O) groups excluding carboxylic acids is 1. The first-order chi connectivity index (χ1) is 9.56. The molecule has 2 rings (SSSR count). The summed E-state index contributed by atoms with van der Waals surface area (Å²) in [5.74, 6) is -0.161. The van der Waals surface area contributed by atoms with Crippen LogP contribution in [0.25, 0.3) is 0 Å². The molecule has 1 aromatic carbocycles. The maximum atomic E-state index is 12.0. The number of likely N-dealkylation sites (N-methyl/N-ethyl adjacent to an activating group) is 1. The molecule has 3 N–H and O–H groups in total. The van der Waals surface area contributed by atoms with Gasteiger partial charge in [0.15, 0.2) is 0 Å². The molecule has 21 heavy (non-hydrogen) atoms. The Kier molecular flexibility index (Phi) is 7.11. The molecule has 1 heterocycles. The van der Waals surface area contributed by atoms with E-state index in [2.05, 4.69) is 17.3 Å². The number of aryl methyl sites for hydroxylation is 1. The van der Waals surface area contributed by atoms with Gasteiger partial charge in [0.2, 0.25) is 5.91 Å². The number of hydrogen-bond acceptors (Lipinski definition) is 4. The largest absolute Gasteiger partial charge is 0.374 e. The highest BCUT2D eigenvalue weighted by molar-refractivity contribution is 5.85. The van der Waals surface area contributed by atoms with Gasteiger partial charge in [-0.3, -0.25) is 4.79 Å². The average Bonchev–Trinajstić information content (AvgIpc) is 2.45. The predicted octanol–water partition coefficient (Wildman–Crippen LogP) is 0.863. The number of amides is 1. The number of ether oxygens (including phenoxy) is 1. The van der Waals surface area contributed by atoms with Crippen molar-refractivity contribution in [2.24, 2.45) is 5.73 Å². The van der Waals surface area contributed by atoms with Gasteiger partial charge in [-0.15, -0.1) is 12.4 Å².